The van der Waals surface area contributed by atoms with E-state index in [9.17, 15) is 0 Å². The highest BCUT2D eigenvalue weighted by Gasteiger charge is 2.15. The standard InChI is InChI=1S/C15H30N2/c1-6-9-15(13-16-12-14(4)5)17(10-7-2)11-8-3/h2,14-16H,6,8-13H2,1,3-5H3. The molecule has 2 heteroatoms. The lowest BCUT2D eigenvalue weighted by atomic mass is 10.1. The maximum absolute atomic E-state index is 5.46. The smallest absolute Gasteiger partial charge is 0.0601 e. The van der Waals surface area contributed by atoms with Crippen molar-refractivity contribution in [2.75, 3.05) is 26.2 Å². The summed E-state index contributed by atoms with van der Waals surface area (Å²) in [5, 5.41) is 3.56. The number of hydrogen-bond donors (Lipinski definition) is 1. The molecule has 0 amide bonds. The molecule has 0 aliphatic carbocycles. The molecule has 0 rings (SSSR count). The Hall–Kier alpha value is -0.520. The first-order valence-electron chi connectivity index (χ1n) is 7.03. The Morgan fingerprint density at radius 1 is 1.18 bits per heavy atom. The van der Waals surface area contributed by atoms with E-state index < -0.39 is 0 Å². The molecule has 0 aliphatic rings. The van der Waals surface area contributed by atoms with Gasteiger partial charge in [-0.05, 0) is 31.8 Å². The second kappa shape index (κ2) is 10.6. The maximum atomic E-state index is 5.46. The molecular formula is C15H30N2. The zero-order valence-corrected chi connectivity index (χ0v) is 12.1. The minimum atomic E-state index is 0.592. The summed E-state index contributed by atoms with van der Waals surface area (Å²) in [4.78, 5) is 2.44. The number of nitrogens with zero attached hydrogens (tertiary/aromatic N) is 1. The highest BCUT2D eigenvalue weighted by atomic mass is 15.2. The Morgan fingerprint density at radius 3 is 2.35 bits per heavy atom. The van der Waals surface area contributed by atoms with Crippen LogP contribution in [0.25, 0.3) is 0 Å². The van der Waals surface area contributed by atoms with Crippen LogP contribution < -0.4 is 5.32 Å². The zero-order chi connectivity index (χ0) is 13.1. The molecule has 0 aromatic rings. The van der Waals surface area contributed by atoms with Gasteiger partial charge in [-0.3, -0.25) is 4.90 Å². The van der Waals surface area contributed by atoms with Crippen LogP contribution in [0.1, 0.15) is 47.0 Å². The molecule has 1 N–H and O–H groups in total. The second-order valence-electron chi connectivity index (χ2n) is 5.17. The van der Waals surface area contributed by atoms with Gasteiger partial charge in [0.1, 0.15) is 0 Å². The summed E-state index contributed by atoms with van der Waals surface area (Å²) in [5.74, 6) is 3.50. The molecule has 1 atom stereocenters. The SMILES string of the molecule is C#CCN(CCC)C(CCC)CNCC(C)C. The average Bonchev–Trinajstić information content (AvgIpc) is 2.27. The van der Waals surface area contributed by atoms with E-state index in [2.05, 4.69) is 43.8 Å². The molecule has 0 radical (unpaired) electrons. The van der Waals surface area contributed by atoms with Crippen molar-refractivity contribution >= 4 is 0 Å². The van der Waals surface area contributed by atoms with Crippen LogP contribution in [0.3, 0.4) is 0 Å². The quantitative estimate of drug-likeness (QED) is 0.589. The molecule has 0 saturated carbocycles. The molecule has 0 heterocycles. The third kappa shape index (κ3) is 8.24. The fourth-order valence-corrected chi connectivity index (χ4v) is 2.08. The number of hydrogen-bond acceptors (Lipinski definition) is 2. The van der Waals surface area contributed by atoms with Crippen molar-refractivity contribution in [3.05, 3.63) is 0 Å². The van der Waals surface area contributed by atoms with Gasteiger partial charge in [0.2, 0.25) is 0 Å². The zero-order valence-electron chi connectivity index (χ0n) is 12.1. The van der Waals surface area contributed by atoms with Crippen LogP contribution in [0.5, 0.6) is 0 Å². The van der Waals surface area contributed by atoms with Crippen molar-refractivity contribution in [3.63, 3.8) is 0 Å². The van der Waals surface area contributed by atoms with Crippen molar-refractivity contribution in [1.82, 2.24) is 10.2 Å². The van der Waals surface area contributed by atoms with Gasteiger partial charge < -0.3 is 5.32 Å². The molecule has 17 heavy (non-hydrogen) atoms. The Labute approximate surface area is 108 Å². The van der Waals surface area contributed by atoms with Crippen LogP contribution in [-0.4, -0.2) is 37.1 Å². The highest BCUT2D eigenvalue weighted by Crippen LogP contribution is 2.07. The van der Waals surface area contributed by atoms with E-state index in [0.717, 1.165) is 26.2 Å². The van der Waals surface area contributed by atoms with Crippen LogP contribution in [0.15, 0.2) is 0 Å². The fraction of sp³-hybridized carbons (Fsp3) is 0.867. The summed E-state index contributed by atoms with van der Waals surface area (Å²) in [7, 11) is 0. The monoisotopic (exact) mass is 238 g/mol. The third-order valence-corrected chi connectivity index (χ3v) is 2.88. The molecule has 0 saturated heterocycles. The normalized spacial score (nSPS) is 13.0. The van der Waals surface area contributed by atoms with Crippen molar-refractivity contribution in [2.45, 2.75) is 53.0 Å². The summed E-state index contributed by atoms with van der Waals surface area (Å²) in [5.41, 5.74) is 0. The predicted octanol–water partition coefficient (Wildman–Crippen LogP) is 2.75. The van der Waals surface area contributed by atoms with E-state index in [-0.39, 0.29) is 0 Å². The predicted molar refractivity (Wildman–Crippen MR) is 77.1 cm³/mol. The average molecular weight is 238 g/mol. The molecular weight excluding hydrogens is 208 g/mol. The van der Waals surface area contributed by atoms with E-state index >= 15 is 0 Å². The van der Waals surface area contributed by atoms with E-state index in [1.165, 1.54) is 19.3 Å². The van der Waals surface area contributed by atoms with Crippen LogP contribution in [0.4, 0.5) is 0 Å². The molecule has 0 fully saturated rings. The molecule has 2 nitrogen and oxygen atoms in total. The van der Waals surface area contributed by atoms with Crippen molar-refractivity contribution < 1.29 is 0 Å². The third-order valence-electron chi connectivity index (χ3n) is 2.88. The molecule has 0 aliphatic heterocycles. The summed E-state index contributed by atoms with van der Waals surface area (Å²) < 4.78 is 0. The van der Waals surface area contributed by atoms with Gasteiger partial charge in [0.05, 0.1) is 6.54 Å². The van der Waals surface area contributed by atoms with Crippen molar-refractivity contribution in [2.24, 2.45) is 5.92 Å². The van der Waals surface area contributed by atoms with Crippen LogP contribution >= 0.6 is 0 Å². The lowest BCUT2D eigenvalue weighted by Crippen LogP contribution is -2.43. The van der Waals surface area contributed by atoms with Crippen LogP contribution in [0.2, 0.25) is 0 Å². The first kappa shape index (κ1) is 16.5. The molecule has 0 aromatic heterocycles. The summed E-state index contributed by atoms with van der Waals surface area (Å²) in [6.07, 6.45) is 9.08. The van der Waals surface area contributed by atoms with Crippen LogP contribution in [0, 0.1) is 18.3 Å². The summed E-state index contributed by atoms with van der Waals surface area (Å²) >= 11 is 0. The first-order chi connectivity index (χ1) is 8.15. The van der Waals surface area contributed by atoms with E-state index in [1.807, 2.05) is 0 Å². The Bertz CT molecular complexity index is 205. The highest BCUT2D eigenvalue weighted by molar-refractivity contribution is 4.90. The van der Waals surface area contributed by atoms with Crippen LogP contribution in [-0.2, 0) is 0 Å². The lowest BCUT2D eigenvalue weighted by molar-refractivity contribution is 0.202. The van der Waals surface area contributed by atoms with Gasteiger partial charge in [0.25, 0.3) is 0 Å². The number of nitrogens with one attached hydrogen (secondary N) is 1. The van der Waals surface area contributed by atoms with Gasteiger partial charge in [-0.25, -0.2) is 0 Å². The molecule has 0 aromatic carbocycles. The Morgan fingerprint density at radius 2 is 1.88 bits per heavy atom. The van der Waals surface area contributed by atoms with E-state index in [0.29, 0.717) is 12.0 Å². The topological polar surface area (TPSA) is 15.3 Å². The fourth-order valence-electron chi connectivity index (χ4n) is 2.08. The minimum absolute atomic E-state index is 0.592. The van der Waals surface area contributed by atoms with Gasteiger partial charge in [-0.1, -0.05) is 40.0 Å². The first-order valence-corrected chi connectivity index (χ1v) is 7.03. The second-order valence-corrected chi connectivity index (χ2v) is 5.17. The number of terminal acetylenes is 1. The number of rotatable bonds is 10. The van der Waals surface area contributed by atoms with Crippen molar-refractivity contribution in [1.29, 1.82) is 0 Å². The largest absolute Gasteiger partial charge is 0.315 e. The maximum Gasteiger partial charge on any atom is 0.0601 e. The minimum Gasteiger partial charge on any atom is -0.315 e. The molecule has 0 bridgehead atoms. The Balaban J connectivity index is 4.19. The van der Waals surface area contributed by atoms with Gasteiger partial charge in [-0.2, -0.15) is 0 Å². The Kier molecular flexibility index (Phi) is 10.3. The summed E-state index contributed by atoms with van der Waals surface area (Å²) in [6, 6.07) is 0.592. The van der Waals surface area contributed by atoms with Gasteiger partial charge >= 0.3 is 0 Å². The van der Waals surface area contributed by atoms with E-state index in [4.69, 9.17) is 6.42 Å². The molecule has 1 unspecified atom stereocenters. The van der Waals surface area contributed by atoms with E-state index in [1.54, 1.807) is 0 Å². The van der Waals surface area contributed by atoms with Gasteiger partial charge in [-0.15, -0.1) is 6.42 Å². The molecule has 0 spiro atoms. The molecule has 100 valence electrons. The summed E-state index contributed by atoms with van der Waals surface area (Å²) in [6.45, 7) is 13.0. The van der Waals surface area contributed by atoms with Gasteiger partial charge in [0.15, 0.2) is 0 Å². The van der Waals surface area contributed by atoms with Gasteiger partial charge in [0, 0.05) is 12.6 Å². The van der Waals surface area contributed by atoms with Crippen molar-refractivity contribution in [3.8, 4) is 12.3 Å². The lowest BCUT2D eigenvalue weighted by Gasteiger charge is -2.30.